The predicted molar refractivity (Wildman–Crippen MR) is 171 cm³/mol. The number of fused-ring (bicyclic) bond motifs is 1. The van der Waals surface area contributed by atoms with Gasteiger partial charge >= 0.3 is 11.9 Å². The van der Waals surface area contributed by atoms with Crippen LogP contribution in [0.1, 0.15) is 96.1 Å². The molecular weight excluding hydrogens is 536 g/mol. The molecule has 43 heavy (non-hydrogen) atoms. The highest BCUT2D eigenvalue weighted by Crippen LogP contribution is 2.36. The Kier molecular flexibility index (Phi) is 10.2. The molecule has 1 atom stereocenters. The van der Waals surface area contributed by atoms with Crippen LogP contribution in [-0.4, -0.2) is 24.6 Å². The van der Waals surface area contributed by atoms with Crippen molar-refractivity contribution in [3.8, 4) is 11.8 Å². The number of hydrogen-bond acceptors (Lipinski definition) is 5. The van der Waals surface area contributed by atoms with Crippen molar-refractivity contribution in [3.63, 3.8) is 0 Å². The average molecular weight is 583 g/mol. The van der Waals surface area contributed by atoms with Crippen LogP contribution in [0.4, 0.5) is 0 Å². The second-order valence-corrected chi connectivity index (χ2v) is 14.4. The smallest absolute Gasteiger partial charge is 0.334 e. The molecule has 0 spiro atoms. The first kappa shape index (κ1) is 32.1. The maximum Gasteiger partial charge on any atom is 0.334 e. The van der Waals surface area contributed by atoms with Crippen molar-refractivity contribution in [2.24, 2.45) is 16.7 Å². The van der Waals surface area contributed by atoms with E-state index in [-0.39, 0.29) is 35.8 Å². The topological polar surface area (TPSA) is 65.7 Å². The van der Waals surface area contributed by atoms with Crippen molar-refractivity contribution in [2.45, 2.75) is 93.1 Å². The van der Waals surface area contributed by atoms with E-state index in [2.05, 4.69) is 60.3 Å². The molecule has 1 aromatic heterocycles. The minimum Gasteiger partial charge on any atom is -0.462 e. The summed E-state index contributed by atoms with van der Waals surface area (Å²) in [7, 11) is 0. The van der Waals surface area contributed by atoms with E-state index in [0.717, 1.165) is 41.4 Å². The second-order valence-electron chi connectivity index (χ2n) is 14.4. The molecule has 1 saturated heterocycles. The summed E-state index contributed by atoms with van der Waals surface area (Å²) in [6, 6.07) is 15.9. The number of cyclic esters (lactones) is 1. The summed E-state index contributed by atoms with van der Waals surface area (Å²) in [4.78, 5) is 25.0. The Hall–Kier alpha value is -3.78. The fourth-order valence-electron chi connectivity index (χ4n) is 5.70. The molecule has 0 amide bonds. The molecule has 3 aromatic rings. The molecule has 2 aromatic carbocycles. The first-order chi connectivity index (χ1) is 20.2. The highest BCUT2D eigenvalue weighted by atomic mass is 16.6. The van der Waals surface area contributed by atoms with Gasteiger partial charge in [0.2, 0.25) is 0 Å². The van der Waals surface area contributed by atoms with E-state index in [1.165, 1.54) is 5.56 Å². The molecule has 0 radical (unpaired) electrons. The van der Waals surface area contributed by atoms with Gasteiger partial charge in [0.15, 0.2) is 0 Å². The fourth-order valence-corrected chi connectivity index (χ4v) is 5.70. The first-order valence-corrected chi connectivity index (χ1v) is 15.4. The van der Waals surface area contributed by atoms with Gasteiger partial charge in [-0.2, -0.15) is 0 Å². The maximum absolute atomic E-state index is 12.5. The molecule has 0 saturated carbocycles. The standard InChI is InChI=1S/C38H46O5/c1-26-8-10-27(11-9-26)12-13-28-15-18-34-31(20-28)22-32(42-34)17-19-35(39)41-25-33-21-30(36(40)43-33)16-14-29(23-37(2,3)4)24-38(5,6)7/h8-11,15-16,18,20,22,29,33H,14,17,19,21,23-25H2,1-7H3/b30-16+. The van der Waals surface area contributed by atoms with Gasteiger partial charge in [-0.15, -0.1) is 0 Å². The number of carbonyl (C=O) groups excluding carboxylic acids is 2. The molecular formula is C38H46O5. The van der Waals surface area contributed by atoms with Crippen LogP contribution in [0.5, 0.6) is 0 Å². The molecule has 228 valence electrons. The van der Waals surface area contributed by atoms with Gasteiger partial charge in [-0.25, -0.2) is 4.79 Å². The van der Waals surface area contributed by atoms with Crippen LogP contribution in [0.15, 0.2) is 64.6 Å². The average Bonchev–Trinajstić information content (AvgIpc) is 3.49. The lowest BCUT2D eigenvalue weighted by Crippen LogP contribution is -2.19. The lowest BCUT2D eigenvalue weighted by Gasteiger charge is -2.30. The van der Waals surface area contributed by atoms with E-state index in [0.29, 0.717) is 30.1 Å². The minimum absolute atomic E-state index is 0.0679. The molecule has 0 bridgehead atoms. The second kappa shape index (κ2) is 13.7. The summed E-state index contributed by atoms with van der Waals surface area (Å²) in [5.41, 5.74) is 4.98. The summed E-state index contributed by atoms with van der Waals surface area (Å²) in [6.07, 6.45) is 5.75. The number of ether oxygens (including phenoxy) is 2. The van der Waals surface area contributed by atoms with Crippen molar-refractivity contribution in [2.75, 3.05) is 6.61 Å². The van der Waals surface area contributed by atoms with E-state index in [9.17, 15) is 9.59 Å². The third-order valence-corrected chi connectivity index (χ3v) is 7.46. The van der Waals surface area contributed by atoms with Gasteiger partial charge in [-0.3, -0.25) is 4.79 Å². The highest BCUT2D eigenvalue weighted by Gasteiger charge is 2.31. The van der Waals surface area contributed by atoms with Crippen molar-refractivity contribution in [3.05, 3.63) is 82.6 Å². The number of benzene rings is 2. The summed E-state index contributed by atoms with van der Waals surface area (Å²) >= 11 is 0. The van der Waals surface area contributed by atoms with Gasteiger partial charge < -0.3 is 13.9 Å². The summed E-state index contributed by atoms with van der Waals surface area (Å²) in [5, 5.41) is 0.948. The zero-order valence-corrected chi connectivity index (χ0v) is 26.8. The normalized spacial score (nSPS) is 16.4. The molecule has 1 aliphatic heterocycles. The predicted octanol–water partition coefficient (Wildman–Crippen LogP) is 8.74. The third kappa shape index (κ3) is 10.5. The Balaban J connectivity index is 1.25. The minimum atomic E-state index is -0.433. The SMILES string of the molecule is Cc1ccc(C#Cc2ccc3oc(CCC(=O)OCC4C/C(=C\CC(CC(C)(C)C)CC(C)(C)C)C(=O)O4)cc3c2)cc1. The zero-order valence-electron chi connectivity index (χ0n) is 26.8. The Bertz CT molecular complexity index is 1500. The van der Waals surface area contributed by atoms with Gasteiger partial charge in [-0.05, 0) is 79.3 Å². The monoisotopic (exact) mass is 582 g/mol. The summed E-state index contributed by atoms with van der Waals surface area (Å²) in [6.45, 7) is 15.7. The zero-order chi connectivity index (χ0) is 31.2. The largest absolute Gasteiger partial charge is 0.462 e. The van der Waals surface area contributed by atoms with Gasteiger partial charge in [0.1, 0.15) is 24.1 Å². The van der Waals surface area contributed by atoms with Crippen molar-refractivity contribution >= 4 is 22.9 Å². The van der Waals surface area contributed by atoms with Crippen LogP contribution in [0.25, 0.3) is 11.0 Å². The number of esters is 2. The van der Waals surface area contributed by atoms with Crippen LogP contribution in [0.3, 0.4) is 0 Å². The van der Waals surface area contributed by atoms with Crippen molar-refractivity contribution in [1.82, 2.24) is 0 Å². The lowest BCUT2D eigenvalue weighted by atomic mass is 9.75. The molecule has 5 heteroatoms. The number of rotatable bonds is 9. The van der Waals surface area contributed by atoms with Gasteiger partial charge in [-0.1, -0.05) is 77.2 Å². The van der Waals surface area contributed by atoms with Gasteiger partial charge in [0.25, 0.3) is 0 Å². The van der Waals surface area contributed by atoms with Gasteiger partial charge in [0, 0.05) is 34.9 Å². The van der Waals surface area contributed by atoms with E-state index < -0.39 is 6.10 Å². The summed E-state index contributed by atoms with van der Waals surface area (Å²) < 4.78 is 16.9. The van der Waals surface area contributed by atoms with E-state index in [1.54, 1.807) is 0 Å². The number of carbonyl (C=O) groups is 2. The van der Waals surface area contributed by atoms with Crippen LogP contribution in [0.2, 0.25) is 0 Å². The Labute approximate surface area is 257 Å². The van der Waals surface area contributed by atoms with Gasteiger partial charge in [0.05, 0.1) is 6.42 Å². The van der Waals surface area contributed by atoms with E-state index in [4.69, 9.17) is 13.9 Å². The van der Waals surface area contributed by atoms with Crippen LogP contribution >= 0.6 is 0 Å². The van der Waals surface area contributed by atoms with Crippen molar-refractivity contribution in [1.29, 1.82) is 0 Å². The first-order valence-electron chi connectivity index (χ1n) is 15.4. The van der Waals surface area contributed by atoms with E-state index in [1.807, 2.05) is 54.6 Å². The Morgan fingerprint density at radius 3 is 2.30 bits per heavy atom. The molecule has 0 N–H and O–H groups in total. The maximum atomic E-state index is 12.5. The van der Waals surface area contributed by atoms with Crippen molar-refractivity contribution < 1.29 is 23.5 Å². The number of allylic oxidation sites excluding steroid dienone is 1. The quantitative estimate of drug-likeness (QED) is 0.143. The number of aryl methyl sites for hydroxylation is 2. The Morgan fingerprint density at radius 1 is 0.977 bits per heavy atom. The lowest BCUT2D eigenvalue weighted by molar-refractivity contribution is -0.152. The summed E-state index contributed by atoms with van der Waals surface area (Å²) in [5.74, 6) is 6.98. The van der Waals surface area contributed by atoms with Crippen LogP contribution in [0, 0.1) is 35.5 Å². The molecule has 2 heterocycles. The molecule has 1 unspecified atom stereocenters. The molecule has 4 rings (SSSR count). The highest BCUT2D eigenvalue weighted by molar-refractivity contribution is 5.90. The third-order valence-electron chi connectivity index (χ3n) is 7.46. The number of hydrogen-bond donors (Lipinski definition) is 0. The Morgan fingerprint density at radius 2 is 1.63 bits per heavy atom. The number of furan rings is 1. The molecule has 5 nitrogen and oxygen atoms in total. The van der Waals surface area contributed by atoms with Crippen LogP contribution in [-0.2, 0) is 25.5 Å². The molecule has 1 fully saturated rings. The van der Waals surface area contributed by atoms with E-state index >= 15 is 0 Å². The fraction of sp³-hybridized carbons (Fsp3) is 0.474. The molecule has 0 aliphatic carbocycles. The van der Waals surface area contributed by atoms with Crippen LogP contribution < -0.4 is 0 Å². The molecule has 1 aliphatic rings.